The zero-order valence-electron chi connectivity index (χ0n) is 10.1. The topological polar surface area (TPSA) is 29.5 Å². The highest BCUT2D eigenvalue weighted by Crippen LogP contribution is 2.28. The summed E-state index contributed by atoms with van der Waals surface area (Å²) in [5.74, 6) is 0. The number of thiophene rings is 1. The van der Waals surface area contributed by atoms with E-state index in [-0.39, 0.29) is 0 Å². The van der Waals surface area contributed by atoms with Gasteiger partial charge in [-0.3, -0.25) is 0 Å². The number of aliphatic hydroxyl groups is 1. The van der Waals surface area contributed by atoms with Crippen LogP contribution in [0.3, 0.4) is 0 Å². The van der Waals surface area contributed by atoms with Crippen LogP contribution in [0.15, 0.2) is 40.2 Å². The van der Waals surface area contributed by atoms with Crippen molar-refractivity contribution in [3.63, 3.8) is 0 Å². The Balaban J connectivity index is 2.04. The van der Waals surface area contributed by atoms with Crippen molar-refractivity contribution in [2.75, 3.05) is 7.11 Å². The van der Waals surface area contributed by atoms with E-state index in [2.05, 4.69) is 15.9 Å². The van der Waals surface area contributed by atoms with Crippen molar-refractivity contribution in [3.8, 4) is 0 Å². The van der Waals surface area contributed by atoms with Crippen LogP contribution in [0.5, 0.6) is 0 Å². The van der Waals surface area contributed by atoms with Crippen LogP contribution in [0, 0.1) is 0 Å². The van der Waals surface area contributed by atoms with Crippen molar-refractivity contribution in [3.05, 3.63) is 56.2 Å². The molecule has 2 aromatic rings. The summed E-state index contributed by atoms with van der Waals surface area (Å²) in [5, 5.41) is 12.2. The van der Waals surface area contributed by atoms with Gasteiger partial charge in [-0.15, -0.1) is 11.3 Å². The fourth-order valence-corrected chi connectivity index (χ4v) is 3.32. The number of hydrogen-bond donors (Lipinski definition) is 1. The van der Waals surface area contributed by atoms with E-state index in [0.717, 1.165) is 15.6 Å². The van der Waals surface area contributed by atoms with Gasteiger partial charge >= 0.3 is 0 Å². The normalized spacial score (nSPS) is 12.6. The third-order valence-electron chi connectivity index (χ3n) is 2.75. The van der Waals surface area contributed by atoms with Gasteiger partial charge < -0.3 is 9.84 Å². The van der Waals surface area contributed by atoms with E-state index >= 15 is 0 Å². The first-order valence-electron chi connectivity index (χ1n) is 5.68. The Morgan fingerprint density at radius 3 is 2.56 bits per heavy atom. The van der Waals surface area contributed by atoms with Gasteiger partial charge in [0.25, 0.3) is 0 Å². The minimum absolute atomic E-state index is 0.462. The molecule has 1 N–H and O–H groups in total. The Kier molecular flexibility index (Phi) is 4.95. The second kappa shape index (κ2) is 6.48. The summed E-state index contributed by atoms with van der Waals surface area (Å²) in [7, 11) is 1.68. The molecule has 2 nitrogen and oxygen atoms in total. The number of halogens is 1. The second-order valence-electron chi connectivity index (χ2n) is 4.09. The van der Waals surface area contributed by atoms with Crippen molar-refractivity contribution >= 4 is 27.3 Å². The van der Waals surface area contributed by atoms with E-state index in [4.69, 9.17) is 4.74 Å². The van der Waals surface area contributed by atoms with Crippen LogP contribution in [0.25, 0.3) is 0 Å². The summed E-state index contributed by atoms with van der Waals surface area (Å²) in [6.45, 7) is 0.604. The largest absolute Gasteiger partial charge is 0.388 e. The van der Waals surface area contributed by atoms with Crippen LogP contribution < -0.4 is 0 Å². The number of hydrogen-bond acceptors (Lipinski definition) is 3. The molecular formula is C14H15BrO2S. The molecule has 0 amide bonds. The summed E-state index contributed by atoms with van der Waals surface area (Å²) in [6.07, 6.45) is 0.179. The molecule has 0 aliphatic carbocycles. The number of rotatable bonds is 5. The lowest BCUT2D eigenvalue weighted by Crippen LogP contribution is -2.01. The fraction of sp³-hybridized carbons (Fsp3) is 0.286. The van der Waals surface area contributed by atoms with Gasteiger partial charge in [-0.05, 0) is 38.5 Å². The standard InChI is InChI=1S/C14H15BrO2S/c1-17-9-10-2-4-11(5-3-10)13(16)8-14-12(15)6-7-18-14/h2-7,13,16H,8-9H2,1H3. The molecule has 1 heterocycles. The quantitative estimate of drug-likeness (QED) is 0.901. The molecule has 1 atom stereocenters. The van der Waals surface area contributed by atoms with Gasteiger partial charge in [0.1, 0.15) is 0 Å². The molecule has 18 heavy (non-hydrogen) atoms. The van der Waals surface area contributed by atoms with Crippen LogP contribution in [0.2, 0.25) is 0 Å². The average molecular weight is 327 g/mol. The number of benzene rings is 1. The van der Waals surface area contributed by atoms with Crippen LogP contribution in [0.1, 0.15) is 22.1 Å². The molecule has 0 saturated carbocycles. The number of ether oxygens (including phenoxy) is 1. The van der Waals surface area contributed by atoms with E-state index < -0.39 is 6.10 Å². The first kappa shape index (κ1) is 13.7. The van der Waals surface area contributed by atoms with E-state index in [1.54, 1.807) is 18.4 Å². The Morgan fingerprint density at radius 2 is 2.00 bits per heavy atom. The molecule has 0 spiro atoms. The molecule has 0 aliphatic heterocycles. The molecule has 96 valence electrons. The first-order chi connectivity index (χ1) is 8.70. The fourth-order valence-electron chi connectivity index (χ4n) is 1.77. The molecule has 1 aromatic heterocycles. The van der Waals surface area contributed by atoms with Crippen LogP contribution >= 0.6 is 27.3 Å². The number of aliphatic hydroxyl groups excluding tert-OH is 1. The SMILES string of the molecule is COCc1ccc(C(O)Cc2sccc2Br)cc1. The average Bonchev–Trinajstić information content (AvgIpc) is 2.76. The molecule has 0 bridgehead atoms. The zero-order valence-corrected chi connectivity index (χ0v) is 12.5. The second-order valence-corrected chi connectivity index (χ2v) is 5.94. The van der Waals surface area contributed by atoms with Gasteiger partial charge in [-0.1, -0.05) is 24.3 Å². The first-order valence-corrected chi connectivity index (χ1v) is 7.35. The van der Waals surface area contributed by atoms with Gasteiger partial charge in [-0.25, -0.2) is 0 Å². The Labute approximate surface area is 119 Å². The molecule has 4 heteroatoms. The third kappa shape index (κ3) is 3.42. The Hall–Kier alpha value is -0.680. The zero-order chi connectivity index (χ0) is 13.0. The lowest BCUT2D eigenvalue weighted by atomic mass is 10.0. The van der Waals surface area contributed by atoms with Crippen molar-refractivity contribution in [2.45, 2.75) is 19.1 Å². The summed E-state index contributed by atoms with van der Waals surface area (Å²) in [5.41, 5.74) is 2.06. The van der Waals surface area contributed by atoms with E-state index in [1.165, 1.54) is 4.88 Å². The van der Waals surface area contributed by atoms with Gasteiger partial charge in [0, 0.05) is 22.9 Å². The molecule has 0 aliphatic rings. The molecule has 0 saturated heterocycles. The highest BCUT2D eigenvalue weighted by Gasteiger charge is 2.11. The Morgan fingerprint density at radius 1 is 1.28 bits per heavy atom. The van der Waals surface area contributed by atoms with Crippen molar-refractivity contribution < 1.29 is 9.84 Å². The van der Waals surface area contributed by atoms with E-state index in [1.807, 2.05) is 35.7 Å². The molecule has 1 aromatic carbocycles. The third-order valence-corrected chi connectivity index (χ3v) is 4.69. The summed E-state index contributed by atoms with van der Waals surface area (Å²) < 4.78 is 6.13. The molecule has 0 fully saturated rings. The van der Waals surface area contributed by atoms with E-state index in [0.29, 0.717) is 13.0 Å². The number of methoxy groups -OCH3 is 1. The van der Waals surface area contributed by atoms with Crippen molar-refractivity contribution in [1.29, 1.82) is 0 Å². The highest BCUT2D eigenvalue weighted by molar-refractivity contribution is 9.10. The van der Waals surface area contributed by atoms with Gasteiger partial charge in [-0.2, -0.15) is 0 Å². The summed E-state index contributed by atoms with van der Waals surface area (Å²) in [4.78, 5) is 1.17. The summed E-state index contributed by atoms with van der Waals surface area (Å²) >= 11 is 5.14. The molecule has 0 radical (unpaired) electrons. The lowest BCUT2D eigenvalue weighted by Gasteiger charge is -2.11. The summed E-state index contributed by atoms with van der Waals surface area (Å²) in [6, 6.07) is 9.91. The lowest BCUT2D eigenvalue weighted by molar-refractivity contribution is 0.178. The highest BCUT2D eigenvalue weighted by atomic mass is 79.9. The van der Waals surface area contributed by atoms with Crippen LogP contribution in [-0.4, -0.2) is 12.2 Å². The van der Waals surface area contributed by atoms with Crippen molar-refractivity contribution in [2.24, 2.45) is 0 Å². The molecular weight excluding hydrogens is 312 g/mol. The predicted octanol–water partition coefficient (Wildman–Crippen LogP) is 3.93. The maximum absolute atomic E-state index is 10.2. The monoisotopic (exact) mass is 326 g/mol. The van der Waals surface area contributed by atoms with Gasteiger partial charge in [0.2, 0.25) is 0 Å². The van der Waals surface area contributed by atoms with Crippen LogP contribution in [0.4, 0.5) is 0 Å². The van der Waals surface area contributed by atoms with Crippen LogP contribution in [-0.2, 0) is 17.8 Å². The van der Waals surface area contributed by atoms with Gasteiger partial charge in [0.05, 0.1) is 12.7 Å². The van der Waals surface area contributed by atoms with Gasteiger partial charge in [0.15, 0.2) is 0 Å². The maximum atomic E-state index is 10.2. The molecule has 2 rings (SSSR count). The smallest absolute Gasteiger partial charge is 0.0838 e. The van der Waals surface area contributed by atoms with E-state index in [9.17, 15) is 5.11 Å². The minimum Gasteiger partial charge on any atom is -0.388 e. The minimum atomic E-state index is -0.462. The van der Waals surface area contributed by atoms with Crippen molar-refractivity contribution in [1.82, 2.24) is 0 Å². The molecule has 1 unspecified atom stereocenters. The maximum Gasteiger partial charge on any atom is 0.0838 e. The Bertz CT molecular complexity index is 493. The predicted molar refractivity (Wildman–Crippen MR) is 77.8 cm³/mol.